The summed E-state index contributed by atoms with van der Waals surface area (Å²) in [5.41, 5.74) is 6.51. The van der Waals surface area contributed by atoms with Crippen molar-refractivity contribution >= 4 is 23.7 Å². The van der Waals surface area contributed by atoms with Crippen LogP contribution in [0.1, 0.15) is 18.0 Å². The fraction of sp³-hybridized carbons (Fsp3) is 0.250. The molecule has 0 radical (unpaired) electrons. The van der Waals surface area contributed by atoms with Crippen molar-refractivity contribution in [2.24, 2.45) is 0 Å². The lowest BCUT2D eigenvalue weighted by atomic mass is 10.2. The number of rotatable bonds is 5. The van der Waals surface area contributed by atoms with Crippen molar-refractivity contribution in [3.05, 3.63) is 42.1 Å². The molecule has 0 saturated carbocycles. The molecule has 0 aliphatic carbocycles. The highest BCUT2D eigenvalue weighted by atomic mass is 32.2. The molecule has 3 rings (SSSR count). The van der Waals surface area contributed by atoms with Crippen LogP contribution in [0.25, 0.3) is 11.3 Å². The van der Waals surface area contributed by atoms with Crippen molar-refractivity contribution in [1.29, 1.82) is 0 Å². The maximum Gasteiger partial charge on any atom is 0.256 e. The molecule has 0 fully saturated rings. The summed E-state index contributed by atoms with van der Waals surface area (Å²) < 4.78 is 18.7. The number of nitrogen functional groups attached to an aromatic ring is 1. The van der Waals surface area contributed by atoms with E-state index >= 15 is 0 Å². The van der Waals surface area contributed by atoms with Gasteiger partial charge in [-0.1, -0.05) is 11.8 Å². The van der Waals surface area contributed by atoms with Gasteiger partial charge in [0.05, 0.1) is 11.4 Å². The van der Waals surface area contributed by atoms with Crippen molar-refractivity contribution in [3.8, 4) is 11.3 Å². The Morgan fingerprint density at radius 2 is 1.88 bits per heavy atom. The van der Waals surface area contributed by atoms with Crippen molar-refractivity contribution in [3.63, 3.8) is 0 Å². The van der Waals surface area contributed by atoms with Crippen LogP contribution in [0.5, 0.6) is 0 Å². The van der Waals surface area contributed by atoms with E-state index in [9.17, 15) is 4.39 Å². The number of oxazole rings is 1. The third-order valence-corrected chi connectivity index (χ3v) is 4.27. The van der Waals surface area contributed by atoms with Crippen LogP contribution in [0.3, 0.4) is 0 Å². The van der Waals surface area contributed by atoms with Gasteiger partial charge in [-0.25, -0.2) is 9.37 Å². The minimum atomic E-state index is -0.296. The Kier molecular flexibility index (Phi) is 4.84. The van der Waals surface area contributed by atoms with Crippen LogP contribution in [0.2, 0.25) is 0 Å². The summed E-state index contributed by atoms with van der Waals surface area (Å²) in [7, 11) is 3.67. The maximum absolute atomic E-state index is 13.0. The second-order valence-electron chi connectivity index (χ2n) is 5.50. The van der Waals surface area contributed by atoms with Gasteiger partial charge in [0.25, 0.3) is 5.22 Å². The number of benzene rings is 1. The number of aromatic nitrogens is 4. The molecule has 9 heteroatoms. The van der Waals surface area contributed by atoms with E-state index in [0.717, 1.165) is 5.56 Å². The Labute approximate surface area is 148 Å². The number of hydrogen-bond donors (Lipinski definition) is 1. The summed E-state index contributed by atoms with van der Waals surface area (Å²) >= 11 is 1.37. The minimum absolute atomic E-state index is 0.135. The van der Waals surface area contributed by atoms with Gasteiger partial charge < -0.3 is 15.1 Å². The van der Waals surface area contributed by atoms with Gasteiger partial charge in [0.1, 0.15) is 11.6 Å². The zero-order chi connectivity index (χ0) is 18.0. The van der Waals surface area contributed by atoms with Gasteiger partial charge >= 0.3 is 0 Å². The predicted octanol–water partition coefficient (Wildman–Crippen LogP) is 3.17. The molecule has 0 amide bonds. The Morgan fingerprint density at radius 1 is 1.16 bits per heavy atom. The van der Waals surface area contributed by atoms with Crippen molar-refractivity contribution in [2.75, 3.05) is 24.7 Å². The van der Waals surface area contributed by atoms with Crippen molar-refractivity contribution in [1.82, 2.24) is 19.9 Å². The largest absolute Gasteiger partial charge is 0.431 e. The van der Waals surface area contributed by atoms with Gasteiger partial charge in [-0.2, -0.15) is 15.0 Å². The molecule has 7 nitrogen and oxygen atoms in total. The normalized spacial score (nSPS) is 12.2. The van der Waals surface area contributed by atoms with Crippen molar-refractivity contribution in [2.45, 2.75) is 17.4 Å². The SMILES string of the molecule is CC(Sc1ncc(-c2ccc(F)cc2)o1)c1nc(N)nc(N(C)C)n1. The van der Waals surface area contributed by atoms with E-state index in [1.165, 1.54) is 23.9 Å². The maximum atomic E-state index is 13.0. The average molecular weight is 360 g/mol. The quantitative estimate of drug-likeness (QED) is 0.694. The summed E-state index contributed by atoms with van der Waals surface area (Å²) in [5.74, 6) is 1.48. The Bertz CT molecular complexity index is 867. The smallest absolute Gasteiger partial charge is 0.256 e. The molecule has 130 valence electrons. The summed E-state index contributed by atoms with van der Waals surface area (Å²) in [6, 6.07) is 6.04. The highest BCUT2D eigenvalue weighted by molar-refractivity contribution is 7.99. The minimum Gasteiger partial charge on any atom is -0.431 e. The summed E-state index contributed by atoms with van der Waals surface area (Å²) in [5, 5.41) is 0.334. The third kappa shape index (κ3) is 4.05. The number of anilines is 2. The first-order valence-corrected chi connectivity index (χ1v) is 8.37. The van der Waals surface area contributed by atoms with E-state index in [2.05, 4.69) is 19.9 Å². The molecular weight excluding hydrogens is 343 g/mol. The molecule has 2 heterocycles. The van der Waals surface area contributed by atoms with E-state index in [4.69, 9.17) is 10.2 Å². The number of hydrogen-bond acceptors (Lipinski definition) is 8. The topological polar surface area (TPSA) is 94.0 Å². The molecule has 2 aromatic heterocycles. The van der Waals surface area contributed by atoms with E-state index in [1.807, 2.05) is 21.0 Å². The predicted molar refractivity (Wildman–Crippen MR) is 94.7 cm³/mol. The van der Waals surface area contributed by atoms with Crippen LogP contribution < -0.4 is 10.6 Å². The molecule has 3 aromatic rings. The lowest BCUT2D eigenvalue weighted by molar-refractivity contribution is 0.465. The van der Waals surface area contributed by atoms with E-state index in [1.54, 1.807) is 23.2 Å². The van der Waals surface area contributed by atoms with Gasteiger partial charge in [0.15, 0.2) is 5.76 Å². The molecule has 0 spiro atoms. The number of nitrogens with two attached hydrogens (primary N) is 1. The zero-order valence-corrected chi connectivity index (χ0v) is 14.8. The second kappa shape index (κ2) is 7.06. The molecule has 0 aliphatic rings. The molecule has 0 saturated heterocycles. The number of thioether (sulfide) groups is 1. The molecule has 0 aliphatic heterocycles. The molecule has 1 atom stereocenters. The second-order valence-corrected chi connectivity index (χ2v) is 6.80. The number of halogens is 1. The van der Waals surface area contributed by atoms with Gasteiger partial charge in [-0.05, 0) is 31.2 Å². The van der Waals surface area contributed by atoms with Gasteiger partial charge in [0.2, 0.25) is 11.9 Å². The summed E-state index contributed by atoms with van der Waals surface area (Å²) in [6.07, 6.45) is 1.61. The van der Waals surface area contributed by atoms with Crippen LogP contribution in [-0.4, -0.2) is 34.0 Å². The molecule has 1 aromatic carbocycles. The highest BCUT2D eigenvalue weighted by Gasteiger charge is 2.17. The molecular formula is C16H17FN6OS. The first-order valence-electron chi connectivity index (χ1n) is 7.49. The van der Waals surface area contributed by atoms with E-state index < -0.39 is 0 Å². The van der Waals surface area contributed by atoms with Crippen LogP contribution >= 0.6 is 11.8 Å². The average Bonchev–Trinajstić information content (AvgIpc) is 3.03. The Hall–Kier alpha value is -2.68. The zero-order valence-electron chi connectivity index (χ0n) is 14.0. The standard InChI is InChI=1S/C16H17FN6OS/c1-9(13-20-14(18)22-15(21-13)23(2)3)25-16-19-8-12(24-16)10-4-6-11(17)7-5-10/h4-9H,1-3H3,(H2,18,20,21,22). The fourth-order valence-corrected chi connectivity index (χ4v) is 2.81. The van der Waals surface area contributed by atoms with Crippen LogP contribution in [-0.2, 0) is 0 Å². The van der Waals surface area contributed by atoms with E-state index in [-0.39, 0.29) is 17.0 Å². The highest BCUT2D eigenvalue weighted by Crippen LogP contribution is 2.35. The molecule has 25 heavy (non-hydrogen) atoms. The third-order valence-electron chi connectivity index (χ3n) is 3.31. The summed E-state index contributed by atoms with van der Waals surface area (Å²) in [4.78, 5) is 18.7. The molecule has 2 N–H and O–H groups in total. The van der Waals surface area contributed by atoms with Crippen molar-refractivity contribution < 1.29 is 8.81 Å². The van der Waals surface area contributed by atoms with Gasteiger partial charge in [-0.3, -0.25) is 0 Å². The van der Waals surface area contributed by atoms with Crippen LogP contribution in [0, 0.1) is 5.82 Å². The van der Waals surface area contributed by atoms with Crippen LogP contribution in [0.4, 0.5) is 16.3 Å². The molecule has 0 bridgehead atoms. The first-order chi connectivity index (χ1) is 11.9. The summed E-state index contributed by atoms with van der Waals surface area (Å²) in [6.45, 7) is 1.93. The number of nitrogens with zero attached hydrogens (tertiary/aromatic N) is 5. The Morgan fingerprint density at radius 3 is 2.56 bits per heavy atom. The first kappa shape index (κ1) is 17.2. The van der Waals surface area contributed by atoms with Crippen LogP contribution in [0.15, 0.2) is 40.1 Å². The lowest BCUT2D eigenvalue weighted by Gasteiger charge is -2.13. The fourth-order valence-electron chi connectivity index (χ4n) is 2.04. The Balaban J connectivity index is 1.77. The van der Waals surface area contributed by atoms with E-state index in [0.29, 0.717) is 22.8 Å². The van der Waals surface area contributed by atoms with Gasteiger partial charge in [0, 0.05) is 19.7 Å². The monoisotopic (exact) mass is 360 g/mol. The van der Waals surface area contributed by atoms with Gasteiger partial charge in [-0.15, -0.1) is 0 Å². The lowest BCUT2D eigenvalue weighted by Crippen LogP contribution is -2.16. The molecule has 1 unspecified atom stereocenters.